The van der Waals surface area contributed by atoms with Crippen LogP contribution in [-0.2, 0) is 11.0 Å². The third-order valence-corrected chi connectivity index (χ3v) is 11.1. The monoisotopic (exact) mass is 454 g/mol. The molecular weight excluding hydrogens is 416 g/mol. The summed E-state index contributed by atoms with van der Waals surface area (Å²) in [5.41, 5.74) is 3.33. The number of nitrogens with zero attached hydrogens (tertiary/aromatic N) is 4. The summed E-state index contributed by atoms with van der Waals surface area (Å²) in [7, 11) is -1.72. The predicted octanol–water partition coefficient (Wildman–Crippen LogP) is 5.35. The zero-order chi connectivity index (χ0) is 23.4. The number of fused-ring (bicyclic) bond motifs is 1. The van der Waals surface area contributed by atoms with Crippen molar-refractivity contribution in [3.8, 4) is 11.4 Å². The van der Waals surface area contributed by atoms with Crippen LogP contribution in [0.5, 0.6) is 0 Å². The molecule has 0 saturated carbocycles. The first kappa shape index (κ1) is 24.4. The molecule has 6 nitrogen and oxygen atoms in total. The summed E-state index contributed by atoms with van der Waals surface area (Å²) in [5, 5.41) is 5.01. The van der Waals surface area contributed by atoms with E-state index in [4.69, 9.17) is 9.52 Å². The van der Waals surface area contributed by atoms with E-state index in [2.05, 4.69) is 45.7 Å². The third kappa shape index (κ3) is 5.57. The fraction of sp³-hybridized carbons (Fsp3) is 0.520. The van der Waals surface area contributed by atoms with E-state index in [1.165, 1.54) is 0 Å². The molecule has 32 heavy (non-hydrogen) atoms. The molecule has 0 saturated heterocycles. The van der Waals surface area contributed by atoms with Gasteiger partial charge in [0, 0.05) is 43.2 Å². The fourth-order valence-corrected chi connectivity index (χ4v) is 4.69. The Morgan fingerprint density at radius 1 is 1.12 bits per heavy atom. The smallest absolute Gasteiger partial charge is 0.192 e. The molecule has 0 atom stereocenters. The summed E-state index contributed by atoms with van der Waals surface area (Å²) in [5.74, 6) is 0. The molecule has 0 aliphatic carbocycles. The van der Waals surface area contributed by atoms with Crippen LogP contribution < -0.4 is 0 Å². The summed E-state index contributed by atoms with van der Waals surface area (Å²) in [4.78, 5) is 14.1. The van der Waals surface area contributed by atoms with Crippen molar-refractivity contribution >= 4 is 20.1 Å². The first-order chi connectivity index (χ1) is 15.2. The highest BCUT2D eigenvalue weighted by atomic mass is 28.4. The molecule has 0 fully saturated rings. The van der Waals surface area contributed by atoms with Gasteiger partial charge in [-0.1, -0.05) is 33.8 Å². The Hall–Kier alpha value is -2.22. The second-order valence-corrected chi connectivity index (χ2v) is 14.8. The van der Waals surface area contributed by atoms with Gasteiger partial charge in [0.1, 0.15) is 5.69 Å². The van der Waals surface area contributed by atoms with Crippen LogP contribution in [0, 0.1) is 0 Å². The number of carbonyl (C=O) groups is 1. The maximum atomic E-state index is 11.6. The molecular formula is C25H38N4O2Si. The normalized spacial score (nSPS) is 12.7. The Kier molecular flexibility index (Phi) is 7.74. The Labute approximate surface area is 193 Å². The van der Waals surface area contributed by atoms with Gasteiger partial charge in [0.05, 0.1) is 12.2 Å². The van der Waals surface area contributed by atoms with E-state index < -0.39 is 8.32 Å². The van der Waals surface area contributed by atoms with Crippen molar-refractivity contribution in [1.82, 2.24) is 19.1 Å². The van der Waals surface area contributed by atoms with E-state index in [9.17, 15) is 4.79 Å². The van der Waals surface area contributed by atoms with Crippen molar-refractivity contribution in [2.75, 3.05) is 26.2 Å². The Balaban J connectivity index is 1.64. The number of aromatic nitrogens is 3. The van der Waals surface area contributed by atoms with E-state index in [0.29, 0.717) is 5.56 Å². The van der Waals surface area contributed by atoms with Crippen LogP contribution in [-0.4, -0.2) is 59.9 Å². The average Bonchev–Trinajstić information content (AvgIpc) is 3.34. The van der Waals surface area contributed by atoms with Crippen LogP contribution in [0.2, 0.25) is 18.1 Å². The van der Waals surface area contributed by atoms with Gasteiger partial charge in [-0.25, -0.2) is 0 Å². The molecule has 3 aromatic heterocycles. The summed E-state index contributed by atoms with van der Waals surface area (Å²) >= 11 is 0. The molecule has 0 aliphatic heterocycles. The SMILES string of the molecule is CCCN(CCO[Si](C)(C)C(C)(C)C)CCn1ccc(-c2c(C=O)cc3ccccn23)n1. The zero-order valence-electron chi connectivity index (χ0n) is 20.5. The van der Waals surface area contributed by atoms with Crippen LogP contribution in [0.1, 0.15) is 44.5 Å². The largest absolute Gasteiger partial charge is 0.416 e. The van der Waals surface area contributed by atoms with E-state index >= 15 is 0 Å². The lowest BCUT2D eigenvalue weighted by Gasteiger charge is -2.36. The molecule has 0 radical (unpaired) electrons. The number of rotatable bonds is 11. The van der Waals surface area contributed by atoms with Crippen molar-refractivity contribution in [2.24, 2.45) is 0 Å². The van der Waals surface area contributed by atoms with Gasteiger partial charge in [0.25, 0.3) is 0 Å². The van der Waals surface area contributed by atoms with Gasteiger partial charge in [-0.15, -0.1) is 0 Å². The van der Waals surface area contributed by atoms with Crippen LogP contribution in [0.15, 0.2) is 42.7 Å². The lowest BCUT2D eigenvalue weighted by molar-refractivity contribution is 0.112. The molecule has 3 aromatic rings. The van der Waals surface area contributed by atoms with Gasteiger partial charge in [-0.3, -0.25) is 14.4 Å². The van der Waals surface area contributed by atoms with E-state index in [1.807, 2.05) is 51.8 Å². The second-order valence-electron chi connectivity index (χ2n) is 9.98. The number of aldehydes is 1. The lowest BCUT2D eigenvalue weighted by atomic mass is 10.2. The minimum Gasteiger partial charge on any atom is -0.416 e. The summed E-state index contributed by atoms with van der Waals surface area (Å²) < 4.78 is 10.4. The van der Waals surface area contributed by atoms with E-state index in [-0.39, 0.29) is 5.04 Å². The number of hydrogen-bond donors (Lipinski definition) is 0. The fourth-order valence-electron chi connectivity index (χ4n) is 3.66. The molecule has 0 aromatic carbocycles. The van der Waals surface area contributed by atoms with Gasteiger partial charge in [0.15, 0.2) is 14.6 Å². The molecule has 0 N–H and O–H groups in total. The quantitative estimate of drug-likeness (QED) is 0.289. The molecule has 0 aliphatic rings. The molecule has 3 heterocycles. The standard InChI is InChI=1S/C25H38N4O2Si/c1-7-12-27(17-18-31-32(5,6)25(2,3)4)15-16-28-14-11-23(26-28)24-21(20-30)19-22-10-8-9-13-29(22)24/h8-11,13-14,19-20H,7,12,15-18H2,1-6H3. The van der Waals surface area contributed by atoms with Crippen molar-refractivity contribution in [3.63, 3.8) is 0 Å². The molecule has 0 unspecified atom stereocenters. The first-order valence-electron chi connectivity index (χ1n) is 11.6. The van der Waals surface area contributed by atoms with Crippen LogP contribution in [0.4, 0.5) is 0 Å². The van der Waals surface area contributed by atoms with Gasteiger partial charge in [0.2, 0.25) is 0 Å². The highest BCUT2D eigenvalue weighted by molar-refractivity contribution is 6.74. The summed E-state index contributed by atoms with van der Waals surface area (Å²) in [6, 6.07) is 9.85. The Bertz CT molecular complexity index is 1030. The highest BCUT2D eigenvalue weighted by Gasteiger charge is 2.36. The average molecular weight is 455 g/mol. The number of hydrogen-bond acceptors (Lipinski definition) is 4. The Morgan fingerprint density at radius 2 is 1.91 bits per heavy atom. The third-order valence-electron chi connectivity index (χ3n) is 6.58. The van der Waals surface area contributed by atoms with Gasteiger partial charge in [-0.2, -0.15) is 5.10 Å². The number of pyridine rings is 1. The lowest BCUT2D eigenvalue weighted by Crippen LogP contribution is -2.43. The molecule has 0 spiro atoms. The molecule has 0 bridgehead atoms. The van der Waals surface area contributed by atoms with E-state index in [0.717, 1.165) is 62.4 Å². The van der Waals surface area contributed by atoms with Crippen LogP contribution in [0.25, 0.3) is 16.9 Å². The molecule has 3 rings (SSSR count). The molecule has 7 heteroatoms. The maximum Gasteiger partial charge on any atom is 0.192 e. The van der Waals surface area contributed by atoms with Crippen LogP contribution in [0.3, 0.4) is 0 Å². The summed E-state index contributed by atoms with van der Waals surface area (Å²) in [6.07, 6.45) is 6.00. The van der Waals surface area contributed by atoms with Crippen LogP contribution >= 0.6 is 0 Å². The predicted molar refractivity (Wildman–Crippen MR) is 134 cm³/mol. The number of carbonyl (C=O) groups excluding carboxylic acids is 1. The highest BCUT2D eigenvalue weighted by Crippen LogP contribution is 2.36. The minimum atomic E-state index is -1.72. The van der Waals surface area contributed by atoms with Gasteiger partial charge < -0.3 is 8.83 Å². The zero-order valence-corrected chi connectivity index (χ0v) is 21.5. The van der Waals surface area contributed by atoms with Gasteiger partial charge in [-0.05, 0) is 55.4 Å². The Morgan fingerprint density at radius 3 is 2.59 bits per heavy atom. The second kappa shape index (κ2) is 10.1. The topological polar surface area (TPSA) is 51.8 Å². The van der Waals surface area contributed by atoms with Crippen molar-refractivity contribution in [3.05, 3.63) is 48.3 Å². The van der Waals surface area contributed by atoms with Crippen molar-refractivity contribution < 1.29 is 9.22 Å². The molecule has 0 amide bonds. The first-order valence-corrected chi connectivity index (χ1v) is 14.5. The molecule has 174 valence electrons. The minimum absolute atomic E-state index is 0.234. The van der Waals surface area contributed by atoms with Gasteiger partial charge >= 0.3 is 0 Å². The van der Waals surface area contributed by atoms with Crippen molar-refractivity contribution in [2.45, 2.75) is 58.8 Å². The summed E-state index contributed by atoms with van der Waals surface area (Å²) in [6.45, 7) is 18.2. The van der Waals surface area contributed by atoms with Crippen molar-refractivity contribution in [1.29, 1.82) is 0 Å². The van der Waals surface area contributed by atoms with E-state index in [1.54, 1.807) is 0 Å². The maximum absolute atomic E-state index is 11.6.